The third-order valence-electron chi connectivity index (χ3n) is 2.94. The summed E-state index contributed by atoms with van der Waals surface area (Å²) in [6, 6.07) is 7.49. The molecule has 3 nitrogen and oxygen atoms in total. The van der Waals surface area contributed by atoms with Gasteiger partial charge in [-0.15, -0.1) is 0 Å². The van der Waals surface area contributed by atoms with Gasteiger partial charge in [0.1, 0.15) is 0 Å². The zero-order chi connectivity index (χ0) is 15.6. The number of aromatic nitrogens is 1. The molecule has 1 aromatic carbocycles. The molecule has 1 amide bonds. The molecule has 0 bridgehead atoms. The van der Waals surface area contributed by atoms with Crippen LogP contribution in [0.3, 0.4) is 0 Å². The first-order valence-corrected chi connectivity index (χ1v) is 6.31. The Hall–Kier alpha value is -2.37. The summed E-state index contributed by atoms with van der Waals surface area (Å²) in [5.41, 5.74) is 0.665. The number of amides is 1. The molecular weight excluding hydrogens is 281 g/mol. The second-order valence-electron chi connectivity index (χ2n) is 4.83. The largest absolute Gasteiger partial charge is 0.322 e. The minimum absolute atomic E-state index is 0.245. The number of nitrogens with one attached hydrogen (secondary N) is 1. The number of rotatable bonds is 3. The number of nitrogens with zero attached hydrogens (tertiary/aromatic N) is 1. The van der Waals surface area contributed by atoms with E-state index in [4.69, 9.17) is 0 Å². The maximum Gasteiger partial charge on any atom is 0.258 e. The van der Waals surface area contributed by atoms with E-state index in [9.17, 15) is 18.0 Å². The van der Waals surface area contributed by atoms with E-state index in [1.807, 2.05) is 19.9 Å². The van der Waals surface area contributed by atoms with Crippen molar-refractivity contribution in [2.75, 3.05) is 5.32 Å². The van der Waals surface area contributed by atoms with E-state index < -0.39 is 29.2 Å². The molecule has 0 saturated heterocycles. The van der Waals surface area contributed by atoms with Gasteiger partial charge in [0, 0.05) is 11.8 Å². The third kappa shape index (κ3) is 3.39. The number of anilines is 1. The summed E-state index contributed by atoms with van der Waals surface area (Å²) in [7, 11) is 0. The fourth-order valence-corrected chi connectivity index (χ4v) is 1.81. The van der Waals surface area contributed by atoms with Crippen molar-refractivity contribution < 1.29 is 18.0 Å². The van der Waals surface area contributed by atoms with Crippen molar-refractivity contribution in [2.45, 2.75) is 19.8 Å². The molecule has 0 spiro atoms. The lowest BCUT2D eigenvalue weighted by atomic mass is 10.0. The Labute approximate surface area is 119 Å². The molecule has 1 N–H and O–H groups in total. The molecule has 0 saturated carbocycles. The Kier molecular flexibility index (Phi) is 4.26. The van der Waals surface area contributed by atoms with Gasteiger partial charge in [-0.2, -0.15) is 13.8 Å². The van der Waals surface area contributed by atoms with Crippen molar-refractivity contribution in [1.29, 1.82) is 0 Å². The predicted molar refractivity (Wildman–Crippen MR) is 72.6 cm³/mol. The van der Waals surface area contributed by atoms with E-state index >= 15 is 0 Å². The molecule has 6 heteroatoms. The summed E-state index contributed by atoms with van der Waals surface area (Å²) in [4.78, 5) is 14.6. The smallest absolute Gasteiger partial charge is 0.258 e. The molecule has 2 rings (SSSR count). The van der Waals surface area contributed by atoms with Crippen LogP contribution in [0.4, 0.5) is 18.9 Å². The highest BCUT2D eigenvalue weighted by molar-refractivity contribution is 6.04. The number of pyridine rings is 1. The van der Waals surface area contributed by atoms with Crippen LogP contribution in [-0.2, 0) is 0 Å². The zero-order valence-electron chi connectivity index (χ0n) is 11.5. The van der Waals surface area contributed by atoms with Gasteiger partial charge in [-0.05, 0) is 23.6 Å². The van der Waals surface area contributed by atoms with Crippen molar-refractivity contribution in [2.24, 2.45) is 0 Å². The van der Waals surface area contributed by atoms with Crippen molar-refractivity contribution in [3.63, 3.8) is 0 Å². The van der Waals surface area contributed by atoms with Crippen molar-refractivity contribution in [3.05, 3.63) is 59.2 Å². The number of carbonyl (C=O) groups is 1. The minimum atomic E-state index is -1.64. The topological polar surface area (TPSA) is 42.0 Å². The predicted octanol–water partition coefficient (Wildman–Crippen LogP) is 3.87. The highest BCUT2D eigenvalue weighted by atomic mass is 19.2. The minimum Gasteiger partial charge on any atom is -0.322 e. The van der Waals surface area contributed by atoms with Crippen LogP contribution in [0.15, 0.2) is 30.3 Å². The summed E-state index contributed by atoms with van der Waals surface area (Å²) in [6.45, 7) is 3.96. The highest BCUT2D eigenvalue weighted by Gasteiger charge is 2.19. The second kappa shape index (κ2) is 5.95. The molecule has 21 heavy (non-hydrogen) atoms. The molecule has 1 aromatic heterocycles. The lowest BCUT2D eigenvalue weighted by molar-refractivity contribution is 0.102. The lowest BCUT2D eigenvalue weighted by Gasteiger charge is -2.10. The van der Waals surface area contributed by atoms with Crippen LogP contribution in [0.5, 0.6) is 0 Å². The number of carbonyl (C=O) groups excluding carboxylic acids is 1. The van der Waals surface area contributed by atoms with Crippen LogP contribution in [0, 0.1) is 17.7 Å². The number of halogens is 3. The molecule has 110 valence electrons. The first-order valence-electron chi connectivity index (χ1n) is 6.31. The molecule has 0 atom stereocenters. The number of hydrogen-bond acceptors (Lipinski definition) is 2. The van der Waals surface area contributed by atoms with Crippen LogP contribution < -0.4 is 5.32 Å². The van der Waals surface area contributed by atoms with E-state index in [-0.39, 0.29) is 5.92 Å². The van der Waals surface area contributed by atoms with E-state index in [1.165, 1.54) is 0 Å². The van der Waals surface area contributed by atoms with E-state index in [1.54, 1.807) is 18.2 Å². The Bertz CT molecular complexity index is 687. The highest BCUT2D eigenvalue weighted by Crippen LogP contribution is 2.20. The number of benzene rings is 1. The van der Waals surface area contributed by atoms with Crippen molar-refractivity contribution in [3.8, 4) is 0 Å². The van der Waals surface area contributed by atoms with Crippen LogP contribution >= 0.6 is 0 Å². The fraction of sp³-hybridized carbons (Fsp3) is 0.200. The third-order valence-corrected chi connectivity index (χ3v) is 2.94. The summed E-state index contributed by atoms with van der Waals surface area (Å²) >= 11 is 0. The monoisotopic (exact) mass is 294 g/mol. The van der Waals surface area contributed by atoms with Crippen LogP contribution in [0.25, 0.3) is 0 Å². The standard InChI is InChI=1S/C15H13F3N2O/c1-8(2)9-4-3-5-10(6-9)19-15(21)11-7-12(16)20-14(18)13(11)17/h3-8H,1-2H3,(H,19,21). The molecule has 1 heterocycles. The Balaban J connectivity index is 2.28. The maximum atomic E-state index is 13.5. The zero-order valence-corrected chi connectivity index (χ0v) is 11.5. The molecular formula is C15H13F3N2O. The number of hydrogen-bond donors (Lipinski definition) is 1. The van der Waals surface area contributed by atoms with Crippen LogP contribution in [0.1, 0.15) is 35.7 Å². The Morgan fingerprint density at radius 2 is 1.90 bits per heavy atom. The average Bonchev–Trinajstić information content (AvgIpc) is 2.43. The molecule has 0 aliphatic heterocycles. The van der Waals surface area contributed by atoms with E-state index in [0.29, 0.717) is 11.8 Å². The molecule has 0 aliphatic carbocycles. The van der Waals surface area contributed by atoms with Gasteiger partial charge in [-0.1, -0.05) is 26.0 Å². The van der Waals surface area contributed by atoms with Gasteiger partial charge in [-0.25, -0.2) is 4.39 Å². The molecule has 0 aliphatic rings. The van der Waals surface area contributed by atoms with E-state index in [0.717, 1.165) is 5.56 Å². The normalized spacial score (nSPS) is 10.8. The molecule has 0 fully saturated rings. The van der Waals surface area contributed by atoms with E-state index in [2.05, 4.69) is 10.3 Å². The van der Waals surface area contributed by atoms with Gasteiger partial charge in [0.05, 0.1) is 5.56 Å². The Morgan fingerprint density at radius 1 is 1.19 bits per heavy atom. The average molecular weight is 294 g/mol. The van der Waals surface area contributed by atoms with Crippen molar-refractivity contribution in [1.82, 2.24) is 4.98 Å². The quantitative estimate of drug-likeness (QED) is 0.873. The van der Waals surface area contributed by atoms with Gasteiger partial charge in [-0.3, -0.25) is 4.79 Å². The summed E-state index contributed by atoms with van der Waals surface area (Å²) < 4.78 is 39.5. The molecule has 2 aromatic rings. The van der Waals surface area contributed by atoms with Gasteiger partial charge in [0.15, 0.2) is 5.82 Å². The summed E-state index contributed by atoms with van der Waals surface area (Å²) in [5.74, 6) is -5.07. The van der Waals surface area contributed by atoms with Gasteiger partial charge in [0.2, 0.25) is 5.95 Å². The summed E-state index contributed by atoms with van der Waals surface area (Å²) in [5, 5.41) is 2.41. The van der Waals surface area contributed by atoms with Gasteiger partial charge in [0.25, 0.3) is 11.9 Å². The first-order chi connectivity index (χ1) is 9.88. The van der Waals surface area contributed by atoms with Gasteiger partial charge < -0.3 is 5.32 Å². The van der Waals surface area contributed by atoms with Crippen molar-refractivity contribution >= 4 is 11.6 Å². The molecule has 0 radical (unpaired) electrons. The first kappa shape index (κ1) is 15.0. The Morgan fingerprint density at radius 3 is 2.57 bits per heavy atom. The SMILES string of the molecule is CC(C)c1cccc(NC(=O)c2cc(F)nc(F)c2F)c1. The summed E-state index contributed by atoms with van der Waals surface area (Å²) in [6.07, 6.45) is 0. The second-order valence-corrected chi connectivity index (χ2v) is 4.83. The van der Waals surface area contributed by atoms with Crippen LogP contribution in [-0.4, -0.2) is 10.9 Å². The van der Waals surface area contributed by atoms with Crippen LogP contribution in [0.2, 0.25) is 0 Å². The van der Waals surface area contributed by atoms with Gasteiger partial charge >= 0.3 is 0 Å². The lowest BCUT2D eigenvalue weighted by Crippen LogP contribution is -2.16. The fourth-order valence-electron chi connectivity index (χ4n) is 1.81. The maximum absolute atomic E-state index is 13.5. The molecule has 0 unspecified atom stereocenters.